The van der Waals surface area contributed by atoms with Crippen molar-refractivity contribution in [3.63, 3.8) is 0 Å². The van der Waals surface area contributed by atoms with Gasteiger partial charge in [-0.1, -0.05) is 36.5 Å². The molecular weight excluding hydrogens is 234 g/mol. The molecule has 1 rings (SSSR count). The largest absolute Gasteiger partial charge is 0.479 e. The van der Waals surface area contributed by atoms with E-state index in [0.29, 0.717) is 0 Å². The molecule has 1 saturated heterocycles. The smallest absolute Gasteiger partial charge is 0.334 e. The summed E-state index contributed by atoms with van der Waals surface area (Å²) in [4.78, 5) is 33.5. The number of ketones is 1. The van der Waals surface area contributed by atoms with E-state index in [-0.39, 0.29) is 5.57 Å². The maximum absolute atomic E-state index is 11.5. The van der Waals surface area contributed by atoms with E-state index in [1.165, 1.54) is 12.2 Å². The minimum Gasteiger partial charge on any atom is -0.479 e. The number of aliphatic carboxylic acids is 1. The normalized spacial score (nSPS) is 22.7. The summed E-state index contributed by atoms with van der Waals surface area (Å²) in [6.45, 7) is 1.88. The Morgan fingerprint density at radius 2 is 1.78 bits per heavy atom. The molecule has 18 heavy (non-hydrogen) atoms. The Morgan fingerprint density at radius 1 is 1.17 bits per heavy atom. The van der Waals surface area contributed by atoms with Crippen LogP contribution in [0, 0.1) is 0 Å². The van der Waals surface area contributed by atoms with Crippen molar-refractivity contribution in [2.45, 2.75) is 13.0 Å². The zero-order chi connectivity index (χ0) is 13.5. The molecule has 1 amide bonds. The van der Waals surface area contributed by atoms with Gasteiger partial charge in [-0.25, -0.2) is 4.79 Å². The van der Waals surface area contributed by atoms with Crippen LogP contribution >= 0.6 is 0 Å². The Bertz CT molecular complexity index is 483. The molecule has 0 radical (unpaired) electrons. The van der Waals surface area contributed by atoms with Gasteiger partial charge in [-0.3, -0.25) is 9.59 Å². The molecule has 94 valence electrons. The predicted molar refractivity (Wildman–Crippen MR) is 65.8 cm³/mol. The minimum atomic E-state index is -1.46. The van der Waals surface area contributed by atoms with Crippen molar-refractivity contribution < 1.29 is 19.5 Å². The van der Waals surface area contributed by atoms with Crippen LogP contribution in [-0.4, -0.2) is 28.8 Å². The lowest BCUT2D eigenvalue weighted by molar-refractivity contribution is -0.142. The van der Waals surface area contributed by atoms with Gasteiger partial charge in [-0.15, -0.1) is 0 Å². The molecule has 1 aliphatic heterocycles. The highest BCUT2D eigenvalue weighted by atomic mass is 16.4. The first-order valence-electron chi connectivity index (χ1n) is 5.32. The lowest BCUT2D eigenvalue weighted by Gasteiger charge is -1.98. The fraction of sp³-hybridized carbons (Fsp3) is 0.154. The summed E-state index contributed by atoms with van der Waals surface area (Å²) in [5.41, 5.74) is -0.141. The van der Waals surface area contributed by atoms with E-state index in [9.17, 15) is 14.4 Å². The van der Waals surface area contributed by atoms with Crippen LogP contribution in [0.2, 0.25) is 0 Å². The fourth-order valence-corrected chi connectivity index (χ4v) is 1.33. The summed E-state index contributed by atoms with van der Waals surface area (Å²) >= 11 is 0. The van der Waals surface area contributed by atoms with Crippen LogP contribution in [0.15, 0.2) is 48.1 Å². The van der Waals surface area contributed by atoms with Crippen molar-refractivity contribution in [1.29, 1.82) is 0 Å². The minimum absolute atomic E-state index is 0.141. The number of amides is 1. The summed E-state index contributed by atoms with van der Waals surface area (Å²) in [5.74, 6) is -2.72. The molecule has 0 bridgehead atoms. The Balaban J connectivity index is 2.75. The van der Waals surface area contributed by atoms with Crippen LogP contribution in [0.25, 0.3) is 0 Å². The number of hydrogen-bond donors (Lipinski definition) is 2. The van der Waals surface area contributed by atoms with E-state index in [4.69, 9.17) is 5.11 Å². The maximum Gasteiger partial charge on any atom is 0.334 e. The number of nitrogens with one attached hydrogen (secondary N) is 1. The summed E-state index contributed by atoms with van der Waals surface area (Å²) in [5, 5.41) is 10.8. The zero-order valence-corrected chi connectivity index (χ0v) is 9.79. The highest BCUT2D eigenvalue weighted by Gasteiger charge is 2.39. The van der Waals surface area contributed by atoms with Crippen molar-refractivity contribution in [1.82, 2.24) is 5.32 Å². The molecule has 0 aromatic heterocycles. The third-order valence-corrected chi connectivity index (χ3v) is 2.19. The molecule has 1 atom stereocenters. The fourth-order valence-electron chi connectivity index (χ4n) is 1.33. The topological polar surface area (TPSA) is 83.5 Å². The highest BCUT2D eigenvalue weighted by Crippen LogP contribution is 2.10. The number of rotatable bonds is 4. The quantitative estimate of drug-likeness (QED) is 0.332. The second-order valence-electron chi connectivity index (χ2n) is 3.48. The van der Waals surface area contributed by atoms with Gasteiger partial charge < -0.3 is 10.4 Å². The zero-order valence-electron chi connectivity index (χ0n) is 9.79. The van der Waals surface area contributed by atoms with Crippen LogP contribution in [0.4, 0.5) is 0 Å². The highest BCUT2D eigenvalue weighted by molar-refractivity contribution is 6.31. The average Bonchev–Trinajstić information content (AvgIpc) is 2.60. The summed E-state index contributed by atoms with van der Waals surface area (Å²) in [7, 11) is 0. The standard InChI is InChI=1S/C13H13NO4/c1-2-3-4-5-6-7-8-9-11(15)10(13(17)18)14-12(9)16/h2-8,10H,1H3,(H,14,16)(H,17,18)/b3-2+,5-4+,7-6+,9-8+/t10-/m1/s1. The summed E-state index contributed by atoms with van der Waals surface area (Å²) < 4.78 is 0. The first-order valence-corrected chi connectivity index (χ1v) is 5.32. The van der Waals surface area contributed by atoms with Gasteiger partial charge >= 0.3 is 5.97 Å². The van der Waals surface area contributed by atoms with Crippen LogP contribution < -0.4 is 5.32 Å². The number of allylic oxidation sites excluding steroid dienone is 7. The molecule has 0 aromatic rings. The van der Waals surface area contributed by atoms with Crippen LogP contribution in [-0.2, 0) is 14.4 Å². The summed E-state index contributed by atoms with van der Waals surface area (Å²) in [6.07, 6.45) is 11.6. The lowest BCUT2D eigenvalue weighted by atomic mass is 10.1. The number of hydrogen-bond acceptors (Lipinski definition) is 3. The van der Waals surface area contributed by atoms with Crippen LogP contribution in [0.1, 0.15) is 6.92 Å². The predicted octanol–water partition coefficient (Wildman–Crippen LogP) is 0.753. The van der Waals surface area contributed by atoms with Gasteiger partial charge in [0.2, 0.25) is 5.78 Å². The first kappa shape index (κ1) is 13.6. The lowest BCUT2D eigenvalue weighted by Crippen LogP contribution is -2.36. The van der Waals surface area contributed by atoms with Gasteiger partial charge in [0, 0.05) is 0 Å². The van der Waals surface area contributed by atoms with Crippen LogP contribution in [0.3, 0.4) is 0 Å². The second kappa shape index (κ2) is 6.34. The molecule has 1 heterocycles. The Labute approximate surface area is 104 Å². The number of carbonyl (C=O) groups is 3. The molecule has 0 aromatic carbocycles. The maximum atomic E-state index is 11.5. The van der Waals surface area contributed by atoms with Crippen molar-refractivity contribution in [2.75, 3.05) is 0 Å². The van der Waals surface area contributed by atoms with Crippen molar-refractivity contribution in [2.24, 2.45) is 0 Å². The second-order valence-corrected chi connectivity index (χ2v) is 3.48. The molecule has 1 aliphatic rings. The van der Waals surface area contributed by atoms with E-state index in [1.54, 1.807) is 18.2 Å². The van der Waals surface area contributed by atoms with Gasteiger partial charge in [-0.2, -0.15) is 0 Å². The van der Waals surface area contributed by atoms with E-state index < -0.39 is 23.7 Å². The SMILES string of the molecule is C/C=C/C=C/C=C/C=C1/C(=O)N[C@@H](C(=O)O)C1=O. The van der Waals surface area contributed by atoms with E-state index in [2.05, 4.69) is 5.32 Å². The molecule has 5 heteroatoms. The van der Waals surface area contributed by atoms with Gasteiger partial charge in [-0.05, 0) is 13.0 Å². The Hall–Kier alpha value is -2.43. The van der Waals surface area contributed by atoms with Crippen LogP contribution in [0.5, 0.6) is 0 Å². The molecular formula is C13H13NO4. The molecule has 2 N–H and O–H groups in total. The number of carboxylic acid groups (broad SMARTS) is 1. The summed E-state index contributed by atoms with van der Waals surface area (Å²) in [6, 6.07) is -1.46. The number of carboxylic acids is 1. The van der Waals surface area contributed by atoms with Gasteiger partial charge in [0.05, 0.1) is 5.57 Å². The monoisotopic (exact) mass is 247 g/mol. The molecule has 0 saturated carbocycles. The third-order valence-electron chi connectivity index (χ3n) is 2.19. The van der Waals surface area contributed by atoms with Gasteiger partial charge in [0.15, 0.2) is 6.04 Å². The van der Waals surface area contributed by atoms with Crippen molar-refractivity contribution in [3.8, 4) is 0 Å². The third kappa shape index (κ3) is 3.28. The van der Waals surface area contributed by atoms with E-state index in [1.807, 2.05) is 19.1 Å². The molecule has 0 spiro atoms. The number of Topliss-reactive ketones (excluding diaryl/α,β-unsaturated/α-hetero) is 1. The molecule has 5 nitrogen and oxygen atoms in total. The van der Waals surface area contributed by atoms with Crippen molar-refractivity contribution >= 4 is 17.7 Å². The Morgan fingerprint density at radius 3 is 2.33 bits per heavy atom. The van der Waals surface area contributed by atoms with Gasteiger partial charge in [0.1, 0.15) is 0 Å². The van der Waals surface area contributed by atoms with Crippen molar-refractivity contribution in [3.05, 3.63) is 48.1 Å². The number of carbonyl (C=O) groups excluding carboxylic acids is 2. The molecule has 0 unspecified atom stereocenters. The molecule has 0 aliphatic carbocycles. The average molecular weight is 247 g/mol. The van der Waals surface area contributed by atoms with E-state index in [0.717, 1.165) is 0 Å². The first-order chi connectivity index (χ1) is 8.57. The Kier molecular flexibility index (Phi) is 4.80. The van der Waals surface area contributed by atoms with E-state index >= 15 is 0 Å². The van der Waals surface area contributed by atoms with Gasteiger partial charge in [0.25, 0.3) is 5.91 Å². The molecule has 1 fully saturated rings.